The summed E-state index contributed by atoms with van der Waals surface area (Å²) in [6.45, 7) is 0.0492. The third-order valence-electron chi connectivity index (χ3n) is 2.43. The third kappa shape index (κ3) is 1.76. The lowest BCUT2D eigenvalue weighted by molar-refractivity contribution is -0.121. The summed E-state index contributed by atoms with van der Waals surface area (Å²) < 4.78 is 17.9. The van der Waals surface area contributed by atoms with Crippen molar-refractivity contribution in [2.24, 2.45) is 0 Å². The van der Waals surface area contributed by atoms with Crippen molar-refractivity contribution >= 4 is 17.4 Å². The lowest BCUT2D eigenvalue weighted by Crippen LogP contribution is -2.24. The first-order valence-corrected chi connectivity index (χ1v) is 4.77. The molecule has 16 heavy (non-hydrogen) atoms. The van der Waals surface area contributed by atoms with Crippen molar-refractivity contribution in [3.05, 3.63) is 24.0 Å². The number of Topliss-reactive ketones (excluding diaryl/α,β-unsaturated/α-hetero) is 1. The van der Waals surface area contributed by atoms with E-state index in [1.165, 1.54) is 30.2 Å². The van der Waals surface area contributed by atoms with E-state index in [-0.39, 0.29) is 30.4 Å². The van der Waals surface area contributed by atoms with Crippen molar-refractivity contribution in [2.75, 3.05) is 18.6 Å². The molecule has 0 aromatic heterocycles. The highest BCUT2D eigenvalue weighted by molar-refractivity contribution is 6.15. The van der Waals surface area contributed by atoms with Crippen LogP contribution in [0.25, 0.3) is 0 Å². The second-order valence-corrected chi connectivity index (χ2v) is 3.51. The molecule has 0 aliphatic carbocycles. The number of carbonyl (C=O) groups excluding carboxylic acids is 2. The predicted molar refractivity (Wildman–Crippen MR) is 54.9 cm³/mol. The van der Waals surface area contributed by atoms with Gasteiger partial charge in [-0.25, -0.2) is 4.39 Å². The number of benzene rings is 1. The predicted octanol–water partition coefficient (Wildman–Crippen LogP) is 1.14. The fourth-order valence-corrected chi connectivity index (χ4v) is 1.64. The molecule has 2 rings (SSSR count). The number of methoxy groups -OCH3 is 1. The van der Waals surface area contributed by atoms with Crippen LogP contribution in [-0.2, 0) is 9.59 Å². The molecule has 0 radical (unpaired) electrons. The molecule has 1 aromatic rings. The van der Waals surface area contributed by atoms with E-state index in [1.807, 2.05) is 0 Å². The molecule has 0 unspecified atom stereocenters. The van der Waals surface area contributed by atoms with Gasteiger partial charge in [0, 0.05) is 11.8 Å². The van der Waals surface area contributed by atoms with Gasteiger partial charge in [0.1, 0.15) is 0 Å². The molecule has 1 aliphatic rings. The second-order valence-electron chi connectivity index (χ2n) is 3.51. The fourth-order valence-electron chi connectivity index (χ4n) is 1.64. The van der Waals surface area contributed by atoms with Gasteiger partial charge in [0.25, 0.3) is 0 Å². The van der Waals surface area contributed by atoms with Gasteiger partial charge in [-0.3, -0.25) is 9.59 Å². The van der Waals surface area contributed by atoms with E-state index in [9.17, 15) is 14.0 Å². The van der Waals surface area contributed by atoms with Gasteiger partial charge in [-0.1, -0.05) is 0 Å². The number of ketones is 1. The Bertz CT molecular complexity index is 459. The first-order valence-electron chi connectivity index (χ1n) is 4.77. The minimum Gasteiger partial charge on any atom is -0.494 e. The molecule has 84 valence electrons. The number of hydrogen-bond acceptors (Lipinski definition) is 3. The monoisotopic (exact) mass is 223 g/mol. The summed E-state index contributed by atoms with van der Waals surface area (Å²) in [7, 11) is 1.35. The quantitative estimate of drug-likeness (QED) is 0.706. The van der Waals surface area contributed by atoms with Crippen molar-refractivity contribution in [1.82, 2.24) is 0 Å². The summed E-state index contributed by atoms with van der Waals surface area (Å²) in [5.74, 6) is -0.833. The average molecular weight is 223 g/mol. The molecule has 0 N–H and O–H groups in total. The second kappa shape index (κ2) is 3.92. The van der Waals surface area contributed by atoms with Crippen LogP contribution in [0.1, 0.15) is 6.42 Å². The van der Waals surface area contributed by atoms with Crippen LogP contribution in [0.3, 0.4) is 0 Å². The highest BCUT2D eigenvalue weighted by Crippen LogP contribution is 2.26. The molecule has 1 heterocycles. The first-order chi connectivity index (χ1) is 7.61. The number of ether oxygens (including phenoxy) is 1. The molecular formula is C11H10FNO3. The van der Waals surface area contributed by atoms with Crippen LogP contribution in [0.5, 0.6) is 5.75 Å². The maximum atomic E-state index is 13.1. The molecule has 1 aromatic carbocycles. The molecule has 0 bridgehead atoms. The first kappa shape index (κ1) is 10.6. The zero-order valence-corrected chi connectivity index (χ0v) is 8.70. The molecule has 4 nitrogen and oxygen atoms in total. The number of amides is 1. The van der Waals surface area contributed by atoms with E-state index in [1.54, 1.807) is 0 Å². The molecule has 1 amide bonds. The molecular weight excluding hydrogens is 213 g/mol. The van der Waals surface area contributed by atoms with Gasteiger partial charge in [-0.2, -0.15) is 0 Å². The van der Waals surface area contributed by atoms with Crippen LogP contribution in [-0.4, -0.2) is 25.3 Å². The number of anilines is 1. The Labute approximate surface area is 91.6 Å². The van der Waals surface area contributed by atoms with Crippen molar-refractivity contribution in [3.8, 4) is 5.75 Å². The zero-order valence-electron chi connectivity index (χ0n) is 8.70. The van der Waals surface area contributed by atoms with E-state index in [0.717, 1.165) is 0 Å². The summed E-state index contributed by atoms with van der Waals surface area (Å²) in [6.07, 6.45) is -0.0836. The molecule has 1 aliphatic heterocycles. The van der Waals surface area contributed by atoms with E-state index >= 15 is 0 Å². The number of halogens is 1. The van der Waals surface area contributed by atoms with Gasteiger partial charge in [0.05, 0.1) is 20.1 Å². The SMILES string of the molecule is COc1cc(N2CC(=O)CC2=O)ccc1F. The van der Waals surface area contributed by atoms with Gasteiger partial charge >= 0.3 is 0 Å². The van der Waals surface area contributed by atoms with Gasteiger partial charge in [-0.05, 0) is 12.1 Å². The molecule has 1 fully saturated rings. The maximum absolute atomic E-state index is 13.1. The number of rotatable bonds is 2. The lowest BCUT2D eigenvalue weighted by Gasteiger charge is -2.15. The van der Waals surface area contributed by atoms with E-state index in [4.69, 9.17) is 4.74 Å². The van der Waals surface area contributed by atoms with Crippen LogP contribution in [0.15, 0.2) is 18.2 Å². The third-order valence-corrected chi connectivity index (χ3v) is 2.43. The van der Waals surface area contributed by atoms with Gasteiger partial charge < -0.3 is 9.64 Å². The fraction of sp³-hybridized carbons (Fsp3) is 0.273. The largest absolute Gasteiger partial charge is 0.494 e. The van der Waals surface area contributed by atoms with Gasteiger partial charge in [0.15, 0.2) is 17.3 Å². The Hall–Kier alpha value is -1.91. The van der Waals surface area contributed by atoms with Crippen molar-refractivity contribution in [2.45, 2.75) is 6.42 Å². The smallest absolute Gasteiger partial charge is 0.234 e. The van der Waals surface area contributed by atoms with E-state index < -0.39 is 5.82 Å². The normalized spacial score (nSPS) is 15.8. The van der Waals surface area contributed by atoms with Crippen LogP contribution in [0, 0.1) is 5.82 Å². The van der Waals surface area contributed by atoms with Crippen molar-refractivity contribution < 1.29 is 18.7 Å². The Morgan fingerprint density at radius 3 is 2.69 bits per heavy atom. The summed E-state index contributed by atoms with van der Waals surface area (Å²) in [4.78, 5) is 23.9. The molecule has 0 spiro atoms. The molecule has 0 saturated carbocycles. The standard InChI is InChI=1S/C11H10FNO3/c1-16-10-4-7(2-3-9(10)12)13-6-8(14)5-11(13)15/h2-4H,5-6H2,1H3. The number of nitrogens with zero attached hydrogens (tertiary/aromatic N) is 1. The topological polar surface area (TPSA) is 46.6 Å². The van der Waals surface area contributed by atoms with Crippen LogP contribution >= 0.6 is 0 Å². The Kier molecular flexibility index (Phi) is 2.60. The highest BCUT2D eigenvalue weighted by atomic mass is 19.1. The highest BCUT2D eigenvalue weighted by Gasteiger charge is 2.28. The van der Waals surface area contributed by atoms with Crippen LogP contribution in [0.4, 0.5) is 10.1 Å². The zero-order chi connectivity index (χ0) is 11.7. The Morgan fingerprint density at radius 2 is 2.12 bits per heavy atom. The number of hydrogen-bond donors (Lipinski definition) is 0. The van der Waals surface area contributed by atoms with Gasteiger partial charge in [-0.15, -0.1) is 0 Å². The number of carbonyl (C=O) groups is 2. The van der Waals surface area contributed by atoms with Crippen LogP contribution in [0.2, 0.25) is 0 Å². The molecule has 1 saturated heterocycles. The Morgan fingerprint density at radius 1 is 1.38 bits per heavy atom. The van der Waals surface area contributed by atoms with Crippen molar-refractivity contribution in [1.29, 1.82) is 0 Å². The summed E-state index contributed by atoms with van der Waals surface area (Å²) in [6, 6.07) is 4.07. The Balaban J connectivity index is 2.34. The maximum Gasteiger partial charge on any atom is 0.234 e. The van der Waals surface area contributed by atoms with E-state index in [2.05, 4.69) is 0 Å². The van der Waals surface area contributed by atoms with Crippen molar-refractivity contribution in [3.63, 3.8) is 0 Å². The summed E-state index contributed by atoms with van der Waals surface area (Å²) in [5.41, 5.74) is 0.481. The van der Waals surface area contributed by atoms with Crippen LogP contribution < -0.4 is 9.64 Å². The summed E-state index contributed by atoms with van der Waals surface area (Å²) in [5, 5.41) is 0. The summed E-state index contributed by atoms with van der Waals surface area (Å²) >= 11 is 0. The lowest BCUT2D eigenvalue weighted by atomic mass is 10.2. The van der Waals surface area contributed by atoms with E-state index in [0.29, 0.717) is 5.69 Å². The minimum absolute atomic E-state index is 0.0492. The minimum atomic E-state index is -0.496. The molecule has 5 heteroatoms. The van der Waals surface area contributed by atoms with Gasteiger partial charge in [0.2, 0.25) is 5.91 Å². The molecule has 0 atom stereocenters. The average Bonchev–Trinajstić information content (AvgIpc) is 2.59.